The Bertz CT molecular complexity index is 402. The molecule has 5 rings (SSSR count). The topological polar surface area (TPSA) is 3.88 Å². The van der Waals surface area contributed by atoms with Crippen LogP contribution in [0.1, 0.15) is 44.1 Å². The lowest BCUT2D eigenvalue weighted by molar-refractivity contribution is -0.776. The van der Waals surface area contributed by atoms with Gasteiger partial charge < -0.3 is 17.0 Å². The second-order valence-electron chi connectivity index (χ2n) is 6.92. The maximum Gasteiger partial charge on any atom is 0.169 e. The first-order chi connectivity index (χ1) is 8.23. The van der Waals surface area contributed by atoms with Crippen LogP contribution < -0.4 is 21.5 Å². The molecule has 4 saturated carbocycles. The largest absolute Gasteiger partial charge is 1.00 e. The van der Waals surface area contributed by atoms with Gasteiger partial charge in [-0.25, -0.2) is 0 Å². The van der Waals surface area contributed by atoms with Crippen LogP contribution >= 0.6 is 0 Å². The summed E-state index contributed by atoms with van der Waals surface area (Å²) >= 11 is 0. The Balaban J connectivity index is 0.000001000. The molecule has 0 N–H and O–H groups in total. The normalized spacial score (nSPS) is 40.6. The van der Waals surface area contributed by atoms with Gasteiger partial charge in [0, 0.05) is 31.4 Å². The average molecular weight is 308 g/mol. The highest BCUT2D eigenvalue weighted by atomic mass is 79.9. The van der Waals surface area contributed by atoms with Gasteiger partial charge in [0.2, 0.25) is 0 Å². The molecule has 1 aromatic heterocycles. The van der Waals surface area contributed by atoms with Gasteiger partial charge in [-0.3, -0.25) is 0 Å². The lowest BCUT2D eigenvalue weighted by Crippen LogP contribution is -3.00. The molecule has 0 amide bonds. The van der Waals surface area contributed by atoms with Crippen molar-refractivity contribution in [2.75, 3.05) is 0 Å². The van der Waals surface area contributed by atoms with Crippen LogP contribution in [0.25, 0.3) is 0 Å². The predicted molar refractivity (Wildman–Crippen MR) is 67.5 cm³/mol. The van der Waals surface area contributed by atoms with E-state index in [4.69, 9.17) is 0 Å². The first-order valence-electron chi connectivity index (χ1n) is 7.22. The molecule has 2 heteroatoms. The fourth-order valence-corrected chi connectivity index (χ4v) is 5.20. The number of aryl methyl sites for hydroxylation is 1. The van der Waals surface area contributed by atoms with Crippen molar-refractivity contribution in [2.24, 2.45) is 17.8 Å². The monoisotopic (exact) mass is 307 g/mol. The first-order valence-corrected chi connectivity index (χ1v) is 7.22. The van der Waals surface area contributed by atoms with Crippen LogP contribution in [0.2, 0.25) is 0 Å². The summed E-state index contributed by atoms with van der Waals surface area (Å²) in [6, 6.07) is 4.55. The van der Waals surface area contributed by atoms with Gasteiger partial charge in [-0.1, -0.05) is 0 Å². The maximum atomic E-state index is 2.56. The summed E-state index contributed by atoms with van der Waals surface area (Å²) in [7, 11) is 0. The molecule has 18 heavy (non-hydrogen) atoms. The third-order valence-corrected chi connectivity index (χ3v) is 5.55. The Morgan fingerprint density at radius 1 is 0.944 bits per heavy atom. The van der Waals surface area contributed by atoms with Crippen LogP contribution in [0.15, 0.2) is 24.5 Å². The Morgan fingerprint density at radius 2 is 1.39 bits per heavy atom. The van der Waals surface area contributed by atoms with Crippen molar-refractivity contribution in [1.82, 2.24) is 0 Å². The van der Waals surface area contributed by atoms with Crippen molar-refractivity contribution in [3.63, 3.8) is 0 Å². The van der Waals surface area contributed by atoms with Crippen LogP contribution in [0.3, 0.4) is 0 Å². The Kier molecular flexibility index (Phi) is 3.04. The van der Waals surface area contributed by atoms with Crippen LogP contribution in [-0.4, -0.2) is 0 Å². The smallest absolute Gasteiger partial charge is 0.169 e. The summed E-state index contributed by atoms with van der Waals surface area (Å²) in [5.74, 6) is 3.11. The second-order valence-corrected chi connectivity index (χ2v) is 6.92. The molecule has 0 unspecified atom stereocenters. The highest BCUT2D eigenvalue weighted by Crippen LogP contribution is 2.56. The van der Waals surface area contributed by atoms with Crippen LogP contribution in [0.4, 0.5) is 0 Å². The summed E-state index contributed by atoms with van der Waals surface area (Å²) in [6.07, 6.45) is 13.6. The number of hydrogen-bond donors (Lipinski definition) is 0. The van der Waals surface area contributed by atoms with E-state index >= 15 is 0 Å². The average Bonchev–Trinajstić information content (AvgIpc) is 2.27. The molecule has 1 heterocycles. The Morgan fingerprint density at radius 3 is 1.83 bits per heavy atom. The van der Waals surface area contributed by atoms with Crippen molar-refractivity contribution in [3.8, 4) is 0 Å². The molecular weight excluding hydrogens is 286 g/mol. The zero-order chi connectivity index (χ0) is 11.5. The summed E-state index contributed by atoms with van der Waals surface area (Å²) in [4.78, 5) is 0. The standard InChI is InChI=1S/C16H22N.BrH/c1-12-2-4-17(5-3-12)16-9-13-6-14(10-16)8-15(7-13)11-16;/h2-5,13-15H,6-11H2,1H3;1H/q+1;/p-1. The lowest BCUT2D eigenvalue weighted by atomic mass is 9.53. The molecule has 1 aromatic rings. The minimum atomic E-state index is 0. The van der Waals surface area contributed by atoms with Crippen LogP contribution in [0, 0.1) is 24.7 Å². The molecule has 4 fully saturated rings. The molecular formula is C16H22BrN. The third-order valence-electron chi connectivity index (χ3n) is 5.55. The van der Waals surface area contributed by atoms with E-state index in [0.717, 1.165) is 17.8 Å². The number of nitrogens with zero attached hydrogens (tertiary/aromatic N) is 1. The van der Waals surface area contributed by atoms with Crippen molar-refractivity contribution in [1.29, 1.82) is 0 Å². The molecule has 4 bridgehead atoms. The molecule has 4 aliphatic carbocycles. The molecule has 0 spiro atoms. The molecule has 0 aromatic carbocycles. The van der Waals surface area contributed by atoms with E-state index in [2.05, 4.69) is 36.0 Å². The van der Waals surface area contributed by atoms with E-state index in [9.17, 15) is 0 Å². The van der Waals surface area contributed by atoms with E-state index in [1.54, 1.807) is 0 Å². The number of aromatic nitrogens is 1. The predicted octanol–water partition coefficient (Wildman–Crippen LogP) is 0.212. The SMILES string of the molecule is Cc1cc[n+](C23CC4CC(CC(C4)C2)C3)cc1.[Br-]. The van der Waals surface area contributed by atoms with Gasteiger partial charge in [-0.2, -0.15) is 4.57 Å². The van der Waals surface area contributed by atoms with E-state index in [0.29, 0.717) is 5.54 Å². The number of rotatable bonds is 1. The molecule has 1 nitrogen and oxygen atoms in total. The summed E-state index contributed by atoms with van der Waals surface area (Å²) in [5, 5.41) is 0. The maximum absolute atomic E-state index is 2.56. The minimum Gasteiger partial charge on any atom is -1.00 e. The number of halogens is 1. The van der Waals surface area contributed by atoms with E-state index in [1.165, 1.54) is 44.1 Å². The van der Waals surface area contributed by atoms with Gasteiger partial charge in [0.25, 0.3) is 0 Å². The van der Waals surface area contributed by atoms with E-state index < -0.39 is 0 Å². The number of hydrogen-bond acceptors (Lipinski definition) is 0. The zero-order valence-corrected chi connectivity index (χ0v) is 12.7. The van der Waals surface area contributed by atoms with Gasteiger partial charge in [-0.05, 0) is 49.5 Å². The second kappa shape index (κ2) is 4.33. The van der Waals surface area contributed by atoms with Gasteiger partial charge in [-0.15, -0.1) is 0 Å². The highest BCUT2D eigenvalue weighted by molar-refractivity contribution is 5.05. The van der Waals surface area contributed by atoms with Crippen molar-refractivity contribution in [3.05, 3.63) is 30.1 Å². The van der Waals surface area contributed by atoms with Gasteiger partial charge in [0.15, 0.2) is 17.9 Å². The fraction of sp³-hybridized carbons (Fsp3) is 0.688. The van der Waals surface area contributed by atoms with Crippen LogP contribution in [0.5, 0.6) is 0 Å². The molecule has 4 aliphatic rings. The number of pyridine rings is 1. The fourth-order valence-electron chi connectivity index (χ4n) is 5.20. The highest BCUT2D eigenvalue weighted by Gasteiger charge is 2.56. The molecule has 98 valence electrons. The van der Waals surface area contributed by atoms with Crippen LogP contribution in [-0.2, 0) is 5.54 Å². The first kappa shape index (κ1) is 12.7. The molecule has 0 aliphatic heterocycles. The minimum absolute atomic E-state index is 0. The van der Waals surface area contributed by atoms with Crippen molar-refractivity contribution in [2.45, 2.75) is 51.0 Å². The van der Waals surface area contributed by atoms with E-state index in [-0.39, 0.29) is 17.0 Å². The molecule has 0 saturated heterocycles. The summed E-state index contributed by atoms with van der Waals surface area (Å²) in [6.45, 7) is 2.18. The Labute approximate surface area is 120 Å². The van der Waals surface area contributed by atoms with Gasteiger partial charge >= 0.3 is 0 Å². The van der Waals surface area contributed by atoms with Crippen molar-refractivity contribution < 1.29 is 21.5 Å². The quantitative estimate of drug-likeness (QED) is 0.653. The molecule has 0 radical (unpaired) electrons. The van der Waals surface area contributed by atoms with Crippen molar-refractivity contribution >= 4 is 0 Å². The van der Waals surface area contributed by atoms with E-state index in [1.807, 2.05) is 0 Å². The lowest BCUT2D eigenvalue weighted by Gasteiger charge is -2.53. The van der Waals surface area contributed by atoms with Gasteiger partial charge in [0.05, 0.1) is 0 Å². The van der Waals surface area contributed by atoms with Gasteiger partial charge in [0.1, 0.15) is 0 Å². The summed E-state index contributed by atoms with van der Waals surface area (Å²) < 4.78 is 2.56. The Hall–Kier alpha value is -0.370. The zero-order valence-electron chi connectivity index (χ0n) is 11.1. The molecule has 0 atom stereocenters. The summed E-state index contributed by atoms with van der Waals surface area (Å²) in [5.41, 5.74) is 1.88. The third kappa shape index (κ3) is 1.84.